The minimum Gasteiger partial charge on any atom is -0.231 e. The predicted molar refractivity (Wildman–Crippen MR) is 57.3 cm³/mol. The Morgan fingerprint density at radius 2 is 2.15 bits per heavy atom. The summed E-state index contributed by atoms with van der Waals surface area (Å²) in [4.78, 5) is 8.51. The molecule has 0 aliphatic carbocycles. The Hall–Kier alpha value is -0.280. The van der Waals surface area contributed by atoms with Crippen LogP contribution in [0.1, 0.15) is 26.5 Å². The second-order valence-corrected chi connectivity index (χ2v) is 5.25. The van der Waals surface area contributed by atoms with E-state index < -0.39 is 0 Å². The fraction of sp³-hybridized carbons (Fsp3) is 0.556. The summed E-state index contributed by atoms with van der Waals surface area (Å²) < 4.78 is 0. The smallest absolute Gasteiger partial charge is 0.188 e. The first-order chi connectivity index (χ1) is 6.04. The van der Waals surface area contributed by atoms with Gasteiger partial charge >= 0.3 is 0 Å². The Morgan fingerprint density at radius 1 is 1.46 bits per heavy atom. The Morgan fingerprint density at radius 3 is 2.69 bits per heavy atom. The lowest BCUT2D eigenvalue weighted by Gasteiger charge is -2.17. The topological polar surface area (TPSA) is 25.8 Å². The lowest BCUT2D eigenvalue weighted by Crippen LogP contribution is -2.13. The maximum absolute atomic E-state index is 5.59. The van der Waals surface area contributed by atoms with E-state index >= 15 is 0 Å². The molecule has 0 radical (unpaired) electrons. The van der Waals surface area contributed by atoms with Crippen molar-refractivity contribution in [3.63, 3.8) is 0 Å². The van der Waals surface area contributed by atoms with Gasteiger partial charge in [0.2, 0.25) is 0 Å². The number of rotatable bonds is 2. The van der Waals surface area contributed by atoms with E-state index in [1.807, 2.05) is 6.07 Å². The van der Waals surface area contributed by atoms with Crippen molar-refractivity contribution < 1.29 is 0 Å². The summed E-state index contributed by atoms with van der Waals surface area (Å²) in [5.41, 5.74) is 1.13. The fourth-order valence-corrected chi connectivity index (χ4v) is 1.57. The zero-order chi connectivity index (χ0) is 9.90. The van der Waals surface area contributed by atoms with E-state index in [1.165, 1.54) is 11.8 Å². The Labute approximate surface area is 88.1 Å². The molecule has 0 atom stereocenters. The minimum atomic E-state index is 0.0740. The third-order valence-corrected chi connectivity index (χ3v) is 2.48. The van der Waals surface area contributed by atoms with Crippen molar-refractivity contribution in [1.29, 1.82) is 0 Å². The van der Waals surface area contributed by atoms with Gasteiger partial charge in [-0.3, -0.25) is 0 Å². The van der Waals surface area contributed by atoms with Gasteiger partial charge in [-0.05, 0) is 6.07 Å². The quantitative estimate of drug-likeness (QED) is 0.432. The number of hydrogen-bond acceptors (Lipinski definition) is 3. The molecule has 2 nitrogen and oxygen atoms in total. The van der Waals surface area contributed by atoms with E-state index in [2.05, 4.69) is 30.7 Å². The van der Waals surface area contributed by atoms with Crippen LogP contribution in [0.15, 0.2) is 17.4 Å². The van der Waals surface area contributed by atoms with Gasteiger partial charge in [0, 0.05) is 11.6 Å². The van der Waals surface area contributed by atoms with Crippen molar-refractivity contribution in [1.82, 2.24) is 9.97 Å². The van der Waals surface area contributed by atoms with Gasteiger partial charge in [-0.2, -0.15) is 0 Å². The summed E-state index contributed by atoms with van der Waals surface area (Å²) >= 11 is 7.03. The molecule has 1 rings (SSSR count). The van der Waals surface area contributed by atoms with Crippen LogP contribution >= 0.6 is 23.4 Å². The van der Waals surface area contributed by atoms with Crippen LogP contribution in [0.2, 0.25) is 0 Å². The highest BCUT2D eigenvalue weighted by atomic mass is 35.5. The van der Waals surface area contributed by atoms with Gasteiger partial charge in [-0.1, -0.05) is 32.5 Å². The molecule has 0 aliphatic heterocycles. The molecule has 4 heteroatoms. The summed E-state index contributed by atoms with van der Waals surface area (Å²) in [6, 6.07) is 1.94. The van der Waals surface area contributed by atoms with Crippen LogP contribution in [-0.4, -0.2) is 15.2 Å². The second kappa shape index (κ2) is 4.29. The third-order valence-electron chi connectivity index (χ3n) is 1.59. The lowest BCUT2D eigenvalue weighted by atomic mass is 9.92. The molecule has 0 saturated carbocycles. The van der Waals surface area contributed by atoms with Crippen LogP contribution in [0.4, 0.5) is 0 Å². The number of alkyl halides is 1. The normalized spacial score (nSPS) is 11.7. The van der Waals surface area contributed by atoms with Gasteiger partial charge < -0.3 is 0 Å². The van der Waals surface area contributed by atoms with E-state index in [9.17, 15) is 0 Å². The average Bonchev–Trinajstić information content (AvgIpc) is 2.04. The maximum atomic E-state index is 5.59. The summed E-state index contributed by atoms with van der Waals surface area (Å²) in [5, 5.41) is 1.25. The molecule has 0 unspecified atom stereocenters. The highest BCUT2D eigenvalue weighted by molar-refractivity contribution is 8.00. The van der Waals surface area contributed by atoms with Crippen molar-refractivity contribution in [3.05, 3.63) is 18.0 Å². The maximum Gasteiger partial charge on any atom is 0.188 e. The molecule has 0 aromatic carbocycles. The molecule has 1 aromatic heterocycles. The Balaban J connectivity index is 2.92. The van der Waals surface area contributed by atoms with Gasteiger partial charge in [-0.25, -0.2) is 9.97 Å². The van der Waals surface area contributed by atoms with E-state index in [4.69, 9.17) is 11.6 Å². The summed E-state index contributed by atoms with van der Waals surface area (Å²) in [6.07, 6.45) is 1.78. The highest BCUT2D eigenvalue weighted by Crippen LogP contribution is 2.22. The van der Waals surface area contributed by atoms with Crippen molar-refractivity contribution in [2.45, 2.75) is 31.3 Å². The van der Waals surface area contributed by atoms with Crippen molar-refractivity contribution >= 4 is 23.4 Å². The molecule has 1 aromatic rings. The molecule has 0 fully saturated rings. The fourth-order valence-electron chi connectivity index (χ4n) is 0.877. The van der Waals surface area contributed by atoms with Gasteiger partial charge in [0.05, 0.1) is 10.9 Å². The highest BCUT2D eigenvalue weighted by Gasteiger charge is 2.15. The van der Waals surface area contributed by atoms with Gasteiger partial charge in [0.1, 0.15) is 0 Å². The summed E-state index contributed by atoms with van der Waals surface area (Å²) in [6.45, 7) is 6.39. The van der Waals surface area contributed by atoms with E-state index in [-0.39, 0.29) is 5.41 Å². The third kappa shape index (κ3) is 3.16. The number of aromatic nitrogens is 2. The first-order valence-corrected chi connectivity index (χ1v) is 5.58. The van der Waals surface area contributed by atoms with Gasteiger partial charge in [-0.15, -0.1) is 11.6 Å². The molecular weight excluding hydrogens is 204 g/mol. The molecule has 0 aliphatic rings. The molecule has 0 saturated heterocycles. The molecule has 1 heterocycles. The van der Waals surface area contributed by atoms with E-state index in [0.717, 1.165) is 10.9 Å². The number of halogens is 1. The number of nitrogens with zero attached hydrogens (tertiary/aromatic N) is 2. The predicted octanol–water partition coefficient (Wildman–Crippen LogP) is 3.06. The SMILES string of the molecule is CC(C)(C)c1ccnc(SCCl)n1. The van der Waals surface area contributed by atoms with Crippen LogP contribution in [-0.2, 0) is 5.41 Å². The standard InChI is InChI=1S/C9H13ClN2S/c1-9(2,3)7-4-5-11-8(12-7)13-6-10/h4-5H,6H2,1-3H3. The van der Waals surface area contributed by atoms with Crippen molar-refractivity contribution in [3.8, 4) is 0 Å². The first-order valence-electron chi connectivity index (χ1n) is 4.06. The Kier molecular flexibility index (Phi) is 3.56. The average molecular weight is 217 g/mol. The number of thioether (sulfide) groups is 1. The molecular formula is C9H13ClN2S. The van der Waals surface area contributed by atoms with Gasteiger partial charge in [0.15, 0.2) is 5.16 Å². The van der Waals surface area contributed by atoms with Crippen LogP contribution in [0.3, 0.4) is 0 Å². The van der Waals surface area contributed by atoms with Crippen molar-refractivity contribution in [2.24, 2.45) is 0 Å². The summed E-state index contributed by atoms with van der Waals surface area (Å²) in [7, 11) is 0. The van der Waals surface area contributed by atoms with Crippen LogP contribution < -0.4 is 0 Å². The molecule has 0 amide bonds. The molecule has 13 heavy (non-hydrogen) atoms. The van der Waals surface area contributed by atoms with Crippen LogP contribution in [0, 0.1) is 0 Å². The van der Waals surface area contributed by atoms with Gasteiger partial charge in [0.25, 0.3) is 0 Å². The zero-order valence-electron chi connectivity index (χ0n) is 8.04. The zero-order valence-corrected chi connectivity index (χ0v) is 9.61. The van der Waals surface area contributed by atoms with Crippen LogP contribution in [0.5, 0.6) is 0 Å². The molecule has 72 valence electrons. The van der Waals surface area contributed by atoms with E-state index in [0.29, 0.717) is 5.21 Å². The second-order valence-electron chi connectivity index (χ2n) is 3.73. The minimum absolute atomic E-state index is 0.0740. The lowest BCUT2D eigenvalue weighted by molar-refractivity contribution is 0.558. The summed E-state index contributed by atoms with van der Waals surface area (Å²) in [5.74, 6) is 0. The Bertz CT molecular complexity index is 283. The van der Waals surface area contributed by atoms with Crippen molar-refractivity contribution in [2.75, 3.05) is 5.21 Å². The molecule has 0 spiro atoms. The molecule has 0 N–H and O–H groups in total. The van der Waals surface area contributed by atoms with Crippen LogP contribution in [0.25, 0.3) is 0 Å². The largest absolute Gasteiger partial charge is 0.231 e. The first kappa shape index (κ1) is 10.8. The monoisotopic (exact) mass is 216 g/mol. The molecule has 0 bridgehead atoms. The number of hydrogen-bond donors (Lipinski definition) is 0. The van der Waals surface area contributed by atoms with E-state index in [1.54, 1.807) is 6.20 Å².